The van der Waals surface area contributed by atoms with E-state index in [2.05, 4.69) is 4.98 Å². The SMILES string of the molecule is Cc1nc(N)ccc1-c1c(F)cc([C@H]2CC[C@H](F)c3cc(F)cc(C#N)c32)c2c1[C@H](O)C(F)(F)C2. The van der Waals surface area contributed by atoms with Crippen LogP contribution in [0.25, 0.3) is 11.1 Å². The lowest BCUT2D eigenvalue weighted by Gasteiger charge is -2.31. The van der Waals surface area contributed by atoms with Crippen molar-refractivity contribution >= 4 is 5.82 Å². The summed E-state index contributed by atoms with van der Waals surface area (Å²) in [6.45, 7) is 1.55. The van der Waals surface area contributed by atoms with Crippen molar-refractivity contribution in [1.29, 1.82) is 5.26 Å². The van der Waals surface area contributed by atoms with Gasteiger partial charge < -0.3 is 10.8 Å². The molecule has 180 valence electrons. The number of benzene rings is 2. The minimum absolute atomic E-state index is 0.0385. The Hall–Kier alpha value is -3.51. The average Bonchev–Trinajstić information content (AvgIpc) is 3.03. The zero-order chi connectivity index (χ0) is 25.2. The van der Waals surface area contributed by atoms with E-state index in [9.17, 15) is 27.9 Å². The summed E-state index contributed by atoms with van der Waals surface area (Å²) in [4.78, 5) is 4.09. The van der Waals surface area contributed by atoms with Gasteiger partial charge in [0.05, 0.1) is 11.6 Å². The van der Waals surface area contributed by atoms with Crippen molar-refractivity contribution < 1.29 is 27.1 Å². The van der Waals surface area contributed by atoms with Crippen molar-refractivity contribution in [3.8, 4) is 17.2 Å². The molecule has 5 rings (SSSR count). The van der Waals surface area contributed by atoms with Crippen LogP contribution in [0.3, 0.4) is 0 Å². The van der Waals surface area contributed by atoms with Gasteiger partial charge in [-0.2, -0.15) is 5.26 Å². The number of hydrogen-bond donors (Lipinski definition) is 2. The second kappa shape index (κ2) is 8.02. The third-order valence-corrected chi connectivity index (χ3v) is 6.99. The van der Waals surface area contributed by atoms with Gasteiger partial charge in [0.1, 0.15) is 29.7 Å². The van der Waals surface area contributed by atoms with Gasteiger partial charge in [0.25, 0.3) is 5.92 Å². The number of nitrogens with zero attached hydrogens (tertiary/aromatic N) is 2. The molecule has 3 N–H and O–H groups in total. The Kier molecular flexibility index (Phi) is 5.33. The van der Waals surface area contributed by atoms with Gasteiger partial charge in [-0.25, -0.2) is 26.9 Å². The zero-order valence-electron chi connectivity index (χ0n) is 18.5. The van der Waals surface area contributed by atoms with Crippen LogP contribution in [0.2, 0.25) is 0 Å². The number of halogens is 5. The number of rotatable bonds is 2. The number of aromatic nitrogens is 1. The summed E-state index contributed by atoms with van der Waals surface area (Å²) in [6, 6.07) is 7.78. The van der Waals surface area contributed by atoms with Crippen molar-refractivity contribution in [2.45, 2.75) is 50.3 Å². The van der Waals surface area contributed by atoms with E-state index in [0.717, 1.165) is 18.2 Å². The molecule has 3 atom stereocenters. The van der Waals surface area contributed by atoms with Gasteiger partial charge in [-0.3, -0.25) is 0 Å². The van der Waals surface area contributed by atoms with Crippen LogP contribution >= 0.6 is 0 Å². The minimum Gasteiger partial charge on any atom is -0.384 e. The maximum Gasteiger partial charge on any atom is 0.281 e. The van der Waals surface area contributed by atoms with Crippen molar-refractivity contribution in [1.82, 2.24) is 4.98 Å². The number of nitrogens with two attached hydrogens (primary N) is 1. The molecule has 0 amide bonds. The second-order valence-electron chi connectivity index (χ2n) is 9.09. The second-order valence-corrected chi connectivity index (χ2v) is 9.09. The summed E-state index contributed by atoms with van der Waals surface area (Å²) in [5, 5.41) is 20.2. The molecular weight excluding hydrogens is 465 g/mol. The number of fused-ring (bicyclic) bond motifs is 2. The highest BCUT2D eigenvalue weighted by Gasteiger charge is 2.50. The maximum absolute atomic E-state index is 15.7. The van der Waals surface area contributed by atoms with Crippen molar-refractivity contribution in [3.63, 3.8) is 0 Å². The summed E-state index contributed by atoms with van der Waals surface area (Å²) in [5.74, 6) is -5.88. The molecular formula is C26H20F5N3O. The van der Waals surface area contributed by atoms with Gasteiger partial charge >= 0.3 is 0 Å². The number of alkyl halides is 3. The highest BCUT2D eigenvalue weighted by Crippen LogP contribution is 2.53. The molecule has 0 saturated carbocycles. The lowest BCUT2D eigenvalue weighted by Crippen LogP contribution is -2.22. The van der Waals surface area contributed by atoms with E-state index in [1.165, 1.54) is 12.1 Å². The summed E-state index contributed by atoms with van der Waals surface area (Å²) < 4.78 is 74.2. The molecule has 0 spiro atoms. The Morgan fingerprint density at radius 3 is 2.54 bits per heavy atom. The van der Waals surface area contributed by atoms with Gasteiger partial charge in [0.2, 0.25) is 0 Å². The predicted molar refractivity (Wildman–Crippen MR) is 118 cm³/mol. The molecule has 0 fully saturated rings. The predicted octanol–water partition coefficient (Wildman–Crippen LogP) is 5.95. The fraction of sp³-hybridized carbons (Fsp3) is 0.308. The third kappa shape index (κ3) is 3.55. The van der Waals surface area contributed by atoms with Crippen molar-refractivity contribution in [2.24, 2.45) is 0 Å². The van der Waals surface area contributed by atoms with E-state index >= 15 is 4.39 Å². The Bertz CT molecular complexity index is 1420. The number of nitriles is 1. The lowest BCUT2D eigenvalue weighted by atomic mass is 9.74. The lowest BCUT2D eigenvalue weighted by molar-refractivity contribution is -0.0967. The van der Waals surface area contributed by atoms with Crippen molar-refractivity contribution in [2.75, 3.05) is 5.73 Å². The zero-order valence-corrected chi connectivity index (χ0v) is 18.5. The molecule has 2 aliphatic rings. The first-order valence-electron chi connectivity index (χ1n) is 11.1. The molecule has 2 aromatic carbocycles. The topological polar surface area (TPSA) is 82.9 Å². The van der Waals surface area contributed by atoms with Crippen LogP contribution in [0.1, 0.15) is 70.1 Å². The Morgan fingerprint density at radius 1 is 1.11 bits per heavy atom. The van der Waals surface area contributed by atoms with Gasteiger partial charge in [-0.05, 0) is 72.4 Å². The largest absolute Gasteiger partial charge is 0.384 e. The number of hydrogen-bond acceptors (Lipinski definition) is 4. The van der Waals surface area contributed by atoms with Gasteiger partial charge in [-0.15, -0.1) is 0 Å². The van der Waals surface area contributed by atoms with E-state index < -0.39 is 42.2 Å². The molecule has 0 saturated heterocycles. The van der Waals surface area contributed by atoms with Gasteiger partial charge in [0, 0.05) is 34.7 Å². The standard InChI is InChI=1S/C26H20F5N3O/c1-11-14(3-5-21(33)34-11)23-20(29)8-16(18-9-26(30,31)25(35)24(18)23)15-2-4-19(28)17-7-13(27)6-12(10-32)22(15)17/h3,5-8,15,19,25,35H,2,4,9H2,1H3,(H2,33,34)/t15-,19+,25+/m1/s1. The van der Waals surface area contributed by atoms with Crippen LogP contribution in [0.5, 0.6) is 0 Å². The first-order chi connectivity index (χ1) is 16.5. The van der Waals surface area contributed by atoms with Crippen LogP contribution in [-0.2, 0) is 6.42 Å². The molecule has 0 aliphatic heterocycles. The number of aliphatic hydroxyl groups is 1. The first kappa shape index (κ1) is 23.2. The smallest absolute Gasteiger partial charge is 0.281 e. The molecule has 2 aliphatic carbocycles. The molecule has 3 aromatic rings. The van der Waals surface area contributed by atoms with E-state index in [1.807, 2.05) is 6.07 Å². The number of anilines is 1. The summed E-state index contributed by atoms with van der Waals surface area (Å²) in [5.41, 5.74) is 5.90. The average molecular weight is 485 g/mol. The fourth-order valence-corrected chi connectivity index (χ4v) is 5.51. The highest BCUT2D eigenvalue weighted by molar-refractivity contribution is 5.75. The molecule has 0 bridgehead atoms. The van der Waals surface area contributed by atoms with Crippen LogP contribution in [-0.4, -0.2) is 16.0 Å². The molecule has 35 heavy (non-hydrogen) atoms. The third-order valence-electron chi connectivity index (χ3n) is 6.99. The summed E-state index contributed by atoms with van der Waals surface area (Å²) in [7, 11) is 0. The Balaban J connectivity index is 1.80. The summed E-state index contributed by atoms with van der Waals surface area (Å²) in [6.07, 6.45) is -4.63. The van der Waals surface area contributed by atoms with Crippen LogP contribution in [0, 0.1) is 29.9 Å². The normalized spacial score (nSPS) is 22.4. The maximum atomic E-state index is 15.7. The Labute approximate surface area is 197 Å². The molecule has 1 aromatic heterocycles. The molecule has 1 heterocycles. The fourth-order valence-electron chi connectivity index (χ4n) is 5.51. The number of nitrogen functional groups attached to an aromatic ring is 1. The molecule has 9 heteroatoms. The van der Waals surface area contributed by atoms with Crippen LogP contribution < -0.4 is 5.73 Å². The minimum atomic E-state index is -3.57. The molecule has 0 unspecified atom stereocenters. The summed E-state index contributed by atoms with van der Waals surface area (Å²) >= 11 is 0. The first-order valence-corrected chi connectivity index (χ1v) is 11.1. The quantitative estimate of drug-likeness (QED) is 0.440. The van der Waals surface area contributed by atoms with Crippen LogP contribution in [0.4, 0.5) is 27.8 Å². The van der Waals surface area contributed by atoms with Crippen LogP contribution in [0.15, 0.2) is 30.3 Å². The van der Waals surface area contributed by atoms with Crippen molar-refractivity contribution in [3.05, 3.63) is 81.0 Å². The molecule has 0 radical (unpaired) electrons. The van der Waals surface area contributed by atoms with E-state index in [4.69, 9.17) is 5.73 Å². The van der Waals surface area contributed by atoms with Gasteiger partial charge in [-0.1, -0.05) is 0 Å². The van der Waals surface area contributed by atoms with E-state index in [1.54, 1.807) is 6.92 Å². The Morgan fingerprint density at radius 2 is 1.86 bits per heavy atom. The number of aryl methyl sites for hydroxylation is 1. The highest BCUT2D eigenvalue weighted by atomic mass is 19.3. The molecule has 4 nitrogen and oxygen atoms in total. The number of pyridine rings is 1. The van der Waals surface area contributed by atoms with E-state index in [0.29, 0.717) is 5.69 Å². The van der Waals surface area contributed by atoms with Gasteiger partial charge in [0.15, 0.2) is 0 Å². The van der Waals surface area contributed by atoms with E-state index in [-0.39, 0.29) is 63.2 Å². The monoisotopic (exact) mass is 485 g/mol. The number of aliphatic hydroxyl groups excluding tert-OH is 1.